The van der Waals surface area contributed by atoms with Crippen molar-refractivity contribution < 1.29 is 14.3 Å². The van der Waals surface area contributed by atoms with E-state index in [9.17, 15) is 4.79 Å². The summed E-state index contributed by atoms with van der Waals surface area (Å²) >= 11 is 0. The van der Waals surface area contributed by atoms with Gasteiger partial charge < -0.3 is 14.8 Å². The van der Waals surface area contributed by atoms with Gasteiger partial charge in [-0.15, -0.1) is 0 Å². The van der Waals surface area contributed by atoms with Crippen molar-refractivity contribution in [3.63, 3.8) is 0 Å². The summed E-state index contributed by atoms with van der Waals surface area (Å²) < 4.78 is 10.8. The molecule has 3 aromatic carbocycles. The summed E-state index contributed by atoms with van der Waals surface area (Å²) in [6, 6.07) is 27.5. The molecule has 1 N–H and O–H groups in total. The van der Waals surface area contributed by atoms with Crippen molar-refractivity contribution in [3.8, 4) is 17.0 Å². The first-order valence-electron chi connectivity index (χ1n) is 12.8. The van der Waals surface area contributed by atoms with Crippen LogP contribution in [-0.2, 0) is 4.74 Å². The number of fused-ring (bicyclic) bond motifs is 1. The maximum absolute atomic E-state index is 13.1. The fourth-order valence-electron chi connectivity index (χ4n) is 5.08. The molecule has 7 nitrogen and oxygen atoms in total. The number of rotatable bonds is 8. The highest BCUT2D eigenvalue weighted by Crippen LogP contribution is 2.34. The maximum atomic E-state index is 13.1. The number of nitrogens with one attached hydrogen (secondary N) is 1. The average Bonchev–Trinajstić information content (AvgIpc) is 3.38. The predicted octanol–water partition coefficient (Wildman–Crippen LogP) is 5.88. The van der Waals surface area contributed by atoms with E-state index < -0.39 is 6.03 Å². The second-order valence-electron chi connectivity index (χ2n) is 9.42. The molecule has 38 heavy (non-hydrogen) atoms. The number of urea groups is 1. The van der Waals surface area contributed by atoms with Crippen LogP contribution in [0, 0.1) is 5.92 Å². The number of likely N-dealkylation sites (tertiary alicyclic amines) is 1. The number of ether oxygens (including phenoxy) is 2. The highest BCUT2D eigenvalue weighted by Gasteiger charge is 2.32. The second kappa shape index (κ2) is 12.0. The average molecular weight is 509 g/mol. The lowest BCUT2D eigenvalue weighted by atomic mass is 9.90. The summed E-state index contributed by atoms with van der Waals surface area (Å²) in [7, 11) is 3.35. The van der Waals surface area contributed by atoms with Crippen LogP contribution >= 0.6 is 0 Å². The van der Waals surface area contributed by atoms with Crippen molar-refractivity contribution in [1.29, 1.82) is 0 Å². The molecule has 1 aromatic heterocycles. The van der Waals surface area contributed by atoms with Crippen molar-refractivity contribution in [3.05, 3.63) is 90.5 Å². The number of aromatic nitrogens is 1. The number of amides is 2. The Hall–Kier alpha value is -4.07. The number of para-hydroxylation sites is 1. The van der Waals surface area contributed by atoms with Gasteiger partial charge in [0.15, 0.2) is 0 Å². The molecule has 1 saturated heterocycles. The maximum Gasteiger partial charge on any atom is 0.345 e. The van der Waals surface area contributed by atoms with Crippen LogP contribution in [0.3, 0.4) is 0 Å². The summed E-state index contributed by atoms with van der Waals surface area (Å²) in [6.07, 6.45) is 1.81. The molecule has 1 aliphatic rings. The second-order valence-corrected chi connectivity index (χ2v) is 9.42. The van der Waals surface area contributed by atoms with E-state index in [1.807, 2.05) is 60.7 Å². The molecule has 1 aliphatic heterocycles. The highest BCUT2D eigenvalue weighted by atomic mass is 16.5. The highest BCUT2D eigenvalue weighted by molar-refractivity contribution is 6.01. The Bertz CT molecular complexity index is 1410. The number of anilines is 1. The number of hydrogen-bond acceptors (Lipinski definition) is 5. The number of carbonyl (C=O) groups is 1. The third-order valence-corrected chi connectivity index (χ3v) is 6.98. The fourth-order valence-corrected chi connectivity index (χ4v) is 5.08. The van der Waals surface area contributed by atoms with E-state index in [2.05, 4.69) is 39.5 Å². The standard InChI is InChI=1S/C31H32N4O3/c1-37-17-16-35-20-25(26(21-35)22-10-5-3-6-11-22)19-32-31(36)33-27-18-24-14-9-15-28(38-2)30(24)34-29(27)23-12-7-4-8-13-23/h3-15,18-19,25-26H,16-17,20-21H2,1-2H3,(H,33,36)/b32-19+/t25?,26-/m0/s1. The van der Waals surface area contributed by atoms with Crippen molar-refractivity contribution >= 4 is 28.8 Å². The predicted molar refractivity (Wildman–Crippen MR) is 152 cm³/mol. The number of nitrogens with zero attached hydrogens (tertiary/aromatic N) is 3. The Balaban J connectivity index is 1.41. The van der Waals surface area contributed by atoms with Crippen LogP contribution in [-0.4, -0.2) is 62.6 Å². The van der Waals surface area contributed by atoms with Gasteiger partial charge in [0.05, 0.1) is 25.1 Å². The van der Waals surface area contributed by atoms with Gasteiger partial charge in [-0.25, -0.2) is 14.8 Å². The summed E-state index contributed by atoms with van der Waals surface area (Å²) in [5, 5.41) is 3.86. The monoisotopic (exact) mass is 508 g/mol. The lowest BCUT2D eigenvalue weighted by Gasteiger charge is -2.16. The molecule has 0 saturated carbocycles. The van der Waals surface area contributed by atoms with E-state index in [4.69, 9.17) is 14.5 Å². The molecule has 5 rings (SSSR count). The molecule has 1 fully saturated rings. The SMILES string of the molecule is COCCN1CC(/C=N/C(=O)Nc2cc3cccc(OC)c3nc2-c2ccccc2)[C@H](c2ccccc2)C1. The van der Waals surface area contributed by atoms with Crippen LogP contribution in [0.25, 0.3) is 22.2 Å². The van der Waals surface area contributed by atoms with Gasteiger partial charge in [-0.1, -0.05) is 72.8 Å². The van der Waals surface area contributed by atoms with E-state index >= 15 is 0 Å². The Labute approximate surface area is 223 Å². The van der Waals surface area contributed by atoms with Crippen molar-refractivity contribution in [2.24, 2.45) is 10.9 Å². The first-order valence-corrected chi connectivity index (χ1v) is 12.8. The van der Waals surface area contributed by atoms with Gasteiger partial charge in [-0.3, -0.25) is 4.90 Å². The first-order chi connectivity index (χ1) is 18.7. The summed E-state index contributed by atoms with van der Waals surface area (Å²) in [6.45, 7) is 3.25. The topological polar surface area (TPSA) is 76.0 Å². The van der Waals surface area contributed by atoms with E-state index in [0.29, 0.717) is 23.7 Å². The number of aliphatic imine (C=N–C) groups is 1. The van der Waals surface area contributed by atoms with Crippen LogP contribution < -0.4 is 10.1 Å². The molecule has 194 valence electrons. The third-order valence-electron chi connectivity index (χ3n) is 6.98. The molecular formula is C31H32N4O3. The van der Waals surface area contributed by atoms with Gasteiger partial charge in [-0.05, 0) is 17.7 Å². The molecule has 2 atom stereocenters. The minimum absolute atomic E-state index is 0.118. The molecule has 2 amide bonds. The van der Waals surface area contributed by atoms with Crippen molar-refractivity contribution in [2.45, 2.75) is 5.92 Å². The van der Waals surface area contributed by atoms with Gasteiger partial charge in [0.2, 0.25) is 0 Å². The summed E-state index contributed by atoms with van der Waals surface area (Å²) in [4.78, 5) is 24.7. The van der Waals surface area contributed by atoms with Crippen LogP contribution in [0.1, 0.15) is 11.5 Å². The van der Waals surface area contributed by atoms with Crippen LogP contribution in [0.2, 0.25) is 0 Å². The zero-order valence-corrected chi connectivity index (χ0v) is 21.7. The smallest absolute Gasteiger partial charge is 0.345 e. The molecule has 1 unspecified atom stereocenters. The summed E-state index contributed by atoms with van der Waals surface area (Å²) in [5.41, 5.74) is 4.16. The Kier molecular flexibility index (Phi) is 8.06. The number of benzene rings is 3. The Morgan fingerprint density at radius 1 is 1.03 bits per heavy atom. The van der Waals surface area contributed by atoms with Crippen molar-refractivity contribution in [1.82, 2.24) is 9.88 Å². The lowest BCUT2D eigenvalue weighted by Crippen LogP contribution is -2.25. The molecule has 0 radical (unpaired) electrons. The van der Waals surface area contributed by atoms with E-state index in [1.165, 1.54) is 5.56 Å². The number of pyridine rings is 1. The van der Waals surface area contributed by atoms with Gasteiger partial charge in [0.25, 0.3) is 0 Å². The molecule has 4 aromatic rings. The van der Waals surface area contributed by atoms with E-state index in [1.54, 1.807) is 20.4 Å². The first kappa shape index (κ1) is 25.6. The van der Waals surface area contributed by atoms with Crippen LogP contribution in [0.15, 0.2) is 89.9 Å². The molecule has 0 spiro atoms. The molecule has 0 bridgehead atoms. The van der Waals surface area contributed by atoms with Gasteiger partial charge >= 0.3 is 6.03 Å². The minimum atomic E-state index is -0.423. The number of hydrogen-bond donors (Lipinski definition) is 1. The summed E-state index contributed by atoms with van der Waals surface area (Å²) in [5.74, 6) is 1.06. The van der Waals surface area contributed by atoms with Crippen molar-refractivity contribution in [2.75, 3.05) is 45.8 Å². The molecule has 7 heteroatoms. The third kappa shape index (κ3) is 5.74. The zero-order chi connectivity index (χ0) is 26.3. The normalized spacial score (nSPS) is 17.7. The lowest BCUT2D eigenvalue weighted by molar-refractivity contribution is 0.159. The fraction of sp³-hybridized carbons (Fsp3) is 0.258. The van der Waals surface area contributed by atoms with Gasteiger partial charge in [0, 0.05) is 55.7 Å². The van der Waals surface area contributed by atoms with E-state index in [-0.39, 0.29) is 11.8 Å². The molecule has 2 heterocycles. The Morgan fingerprint density at radius 2 is 1.79 bits per heavy atom. The van der Waals surface area contributed by atoms with E-state index in [0.717, 1.165) is 36.1 Å². The van der Waals surface area contributed by atoms with Crippen LogP contribution in [0.5, 0.6) is 5.75 Å². The Morgan fingerprint density at radius 3 is 2.53 bits per heavy atom. The zero-order valence-electron chi connectivity index (χ0n) is 21.7. The van der Waals surface area contributed by atoms with Crippen LogP contribution in [0.4, 0.5) is 10.5 Å². The molecule has 0 aliphatic carbocycles. The minimum Gasteiger partial charge on any atom is -0.494 e. The number of methoxy groups -OCH3 is 2. The largest absolute Gasteiger partial charge is 0.494 e. The molecular weight excluding hydrogens is 476 g/mol. The van der Waals surface area contributed by atoms with Gasteiger partial charge in [0.1, 0.15) is 11.3 Å². The quantitative estimate of drug-likeness (QED) is 0.301. The van der Waals surface area contributed by atoms with Gasteiger partial charge in [-0.2, -0.15) is 0 Å². The number of carbonyl (C=O) groups excluding carboxylic acids is 1.